The molecule has 2 rings (SSSR count). The number of ether oxygens (including phenoxy) is 2. The average molecular weight is 349 g/mol. The van der Waals surface area contributed by atoms with Gasteiger partial charge in [0.15, 0.2) is 6.29 Å². The van der Waals surface area contributed by atoms with Crippen molar-refractivity contribution in [2.75, 3.05) is 6.54 Å². The van der Waals surface area contributed by atoms with Crippen LogP contribution in [0.1, 0.15) is 33.1 Å². The highest BCUT2D eigenvalue weighted by Crippen LogP contribution is 2.30. The molecule has 0 aromatic rings. The summed E-state index contributed by atoms with van der Waals surface area (Å²) < 4.78 is 9.91. The summed E-state index contributed by atoms with van der Waals surface area (Å²) in [7, 11) is 0. The Bertz CT molecular complexity index is 596. The first-order chi connectivity index (χ1) is 11.9. The normalized spacial score (nSPS) is 24.5. The van der Waals surface area contributed by atoms with Crippen molar-refractivity contribution in [2.24, 2.45) is 5.92 Å². The maximum atomic E-state index is 13.0. The van der Waals surface area contributed by atoms with Gasteiger partial charge in [0.2, 0.25) is 12.2 Å². The highest BCUT2D eigenvalue weighted by atomic mass is 16.6. The molecular weight excluding hydrogens is 326 g/mol. The fourth-order valence-electron chi connectivity index (χ4n) is 3.35. The van der Waals surface area contributed by atoms with E-state index in [0.717, 1.165) is 33.1 Å². The first-order valence-electron chi connectivity index (χ1n) is 8.37. The Hall–Kier alpha value is -2.44. The van der Waals surface area contributed by atoms with Crippen LogP contribution in [-0.2, 0) is 28.7 Å². The Balaban J connectivity index is 2.20. The van der Waals surface area contributed by atoms with E-state index in [-0.39, 0.29) is 12.0 Å². The van der Waals surface area contributed by atoms with Gasteiger partial charge in [0, 0.05) is 32.4 Å². The molecular formula is C18H23NO6. The number of hydrogen-bond donors (Lipinski definition) is 0. The van der Waals surface area contributed by atoms with Gasteiger partial charge >= 0.3 is 11.9 Å². The van der Waals surface area contributed by atoms with E-state index >= 15 is 0 Å². The van der Waals surface area contributed by atoms with Crippen LogP contribution in [0, 0.1) is 5.92 Å². The van der Waals surface area contributed by atoms with Crippen molar-refractivity contribution in [2.45, 2.75) is 51.4 Å². The molecule has 136 valence electrons. The third-order valence-electron chi connectivity index (χ3n) is 4.36. The van der Waals surface area contributed by atoms with E-state index in [4.69, 9.17) is 9.47 Å². The number of esters is 2. The Morgan fingerprint density at radius 2 is 1.88 bits per heavy atom. The molecule has 4 unspecified atom stereocenters. The summed E-state index contributed by atoms with van der Waals surface area (Å²) in [5, 5.41) is 0. The van der Waals surface area contributed by atoms with E-state index in [2.05, 4.69) is 6.08 Å². The fraction of sp³-hybridized carbons (Fsp3) is 0.556. The lowest BCUT2D eigenvalue weighted by atomic mass is 9.91. The molecule has 0 aromatic carbocycles. The molecule has 4 atom stereocenters. The fourth-order valence-corrected chi connectivity index (χ4v) is 3.35. The van der Waals surface area contributed by atoms with Crippen molar-refractivity contribution >= 4 is 24.1 Å². The topological polar surface area (TPSA) is 90.0 Å². The molecule has 7 nitrogen and oxygen atoms in total. The second-order valence-corrected chi connectivity index (χ2v) is 6.19. The van der Waals surface area contributed by atoms with Crippen LogP contribution in [0.3, 0.4) is 0 Å². The second kappa shape index (κ2) is 8.60. The van der Waals surface area contributed by atoms with Gasteiger partial charge in [0.05, 0.1) is 0 Å². The molecule has 0 N–H and O–H groups in total. The summed E-state index contributed by atoms with van der Waals surface area (Å²) in [4.78, 5) is 48.5. The minimum absolute atomic E-state index is 0.0311. The van der Waals surface area contributed by atoms with Crippen LogP contribution in [0.4, 0.5) is 0 Å². The van der Waals surface area contributed by atoms with Crippen LogP contribution in [0.25, 0.3) is 0 Å². The number of nitrogens with zero attached hydrogens (tertiary/aromatic N) is 1. The standard InChI is InChI=1S/C18H23NO6/c1-12(21)24-16(11-20)17(25-13(2)22)18(23)19-10-6-9-15(19)14-7-4-3-5-8-14/h3-5,7,11,14-17H,6,8-10H2,1-2H3. The molecule has 0 bridgehead atoms. The smallest absolute Gasteiger partial charge is 0.303 e. The van der Waals surface area contributed by atoms with Crippen molar-refractivity contribution in [3.8, 4) is 0 Å². The van der Waals surface area contributed by atoms with Crippen LogP contribution in [0.15, 0.2) is 24.3 Å². The molecule has 7 heteroatoms. The predicted molar refractivity (Wildman–Crippen MR) is 88.3 cm³/mol. The van der Waals surface area contributed by atoms with Gasteiger partial charge in [0.25, 0.3) is 5.91 Å². The molecule has 1 aliphatic heterocycles. The number of hydrogen-bond acceptors (Lipinski definition) is 6. The van der Waals surface area contributed by atoms with Crippen LogP contribution in [0.2, 0.25) is 0 Å². The number of rotatable bonds is 6. The molecule has 2 aliphatic rings. The van der Waals surface area contributed by atoms with Gasteiger partial charge in [-0.15, -0.1) is 0 Å². The Kier molecular flexibility index (Phi) is 6.50. The van der Waals surface area contributed by atoms with Crippen molar-refractivity contribution in [1.82, 2.24) is 4.90 Å². The summed E-state index contributed by atoms with van der Waals surface area (Å²) in [6, 6.07) is -0.0311. The van der Waals surface area contributed by atoms with Gasteiger partial charge in [-0.1, -0.05) is 24.3 Å². The van der Waals surface area contributed by atoms with E-state index in [1.165, 1.54) is 0 Å². The van der Waals surface area contributed by atoms with Crippen molar-refractivity contribution < 1.29 is 28.7 Å². The van der Waals surface area contributed by atoms with E-state index in [1.807, 2.05) is 18.2 Å². The zero-order valence-electron chi connectivity index (χ0n) is 14.4. The van der Waals surface area contributed by atoms with E-state index in [9.17, 15) is 19.2 Å². The summed E-state index contributed by atoms with van der Waals surface area (Å²) in [5.74, 6) is -1.76. The quantitative estimate of drug-likeness (QED) is 0.528. The number of carbonyl (C=O) groups excluding carboxylic acids is 4. The Morgan fingerprint density at radius 3 is 2.44 bits per heavy atom. The van der Waals surface area contributed by atoms with Crippen molar-refractivity contribution in [3.63, 3.8) is 0 Å². The molecule has 0 aromatic heterocycles. The lowest BCUT2D eigenvalue weighted by molar-refractivity contribution is -0.175. The molecule has 1 amide bonds. The summed E-state index contributed by atoms with van der Waals surface area (Å²) in [5.41, 5.74) is 0. The van der Waals surface area contributed by atoms with Crippen molar-refractivity contribution in [1.29, 1.82) is 0 Å². The van der Waals surface area contributed by atoms with Gasteiger partial charge in [-0.3, -0.25) is 19.2 Å². The largest absolute Gasteiger partial charge is 0.450 e. The SMILES string of the molecule is CC(=O)OC(C=O)C(OC(C)=O)C(=O)N1CCCC1C1C=CC=CC1. The van der Waals surface area contributed by atoms with Crippen LogP contribution in [-0.4, -0.2) is 53.8 Å². The molecule has 0 spiro atoms. The van der Waals surface area contributed by atoms with Crippen LogP contribution < -0.4 is 0 Å². The Morgan fingerprint density at radius 1 is 1.16 bits per heavy atom. The maximum Gasteiger partial charge on any atom is 0.303 e. The molecule has 1 aliphatic carbocycles. The van der Waals surface area contributed by atoms with Gasteiger partial charge in [-0.25, -0.2) is 0 Å². The minimum atomic E-state index is -1.46. The number of carbonyl (C=O) groups is 4. The maximum absolute atomic E-state index is 13.0. The average Bonchev–Trinajstić information content (AvgIpc) is 3.07. The number of likely N-dealkylation sites (tertiary alicyclic amines) is 1. The summed E-state index contributed by atoms with van der Waals surface area (Å²) in [6.07, 6.45) is 7.92. The molecule has 0 radical (unpaired) electrons. The molecule has 1 heterocycles. The number of allylic oxidation sites excluding steroid dienone is 3. The first-order valence-corrected chi connectivity index (χ1v) is 8.37. The monoisotopic (exact) mass is 349 g/mol. The summed E-state index contributed by atoms with van der Waals surface area (Å²) in [6.45, 7) is 2.79. The minimum Gasteiger partial charge on any atom is -0.450 e. The zero-order valence-corrected chi connectivity index (χ0v) is 14.4. The molecule has 1 fully saturated rings. The first kappa shape index (κ1) is 18.9. The van der Waals surface area contributed by atoms with Gasteiger partial charge < -0.3 is 14.4 Å². The van der Waals surface area contributed by atoms with E-state index in [1.54, 1.807) is 4.90 Å². The Labute approximate surface area is 146 Å². The second-order valence-electron chi connectivity index (χ2n) is 6.19. The van der Waals surface area contributed by atoms with Gasteiger partial charge in [-0.2, -0.15) is 0 Å². The van der Waals surface area contributed by atoms with Gasteiger partial charge in [-0.05, 0) is 19.3 Å². The number of aldehydes is 1. The predicted octanol–water partition coefficient (Wildman–Crippen LogP) is 1.17. The zero-order chi connectivity index (χ0) is 18.4. The lowest BCUT2D eigenvalue weighted by Crippen LogP contribution is -2.51. The van der Waals surface area contributed by atoms with E-state index < -0.39 is 30.1 Å². The number of amides is 1. The summed E-state index contributed by atoms with van der Waals surface area (Å²) >= 11 is 0. The van der Waals surface area contributed by atoms with Crippen molar-refractivity contribution in [3.05, 3.63) is 24.3 Å². The third kappa shape index (κ3) is 4.78. The van der Waals surface area contributed by atoms with Gasteiger partial charge in [0.1, 0.15) is 0 Å². The highest BCUT2D eigenvalue weighted by Gasteiger charge is 2.42. The lowest BCUT2D eigenvalue weighted by Gasteiger charge is -2.33. The molecule has 1 saturated heterocycles. The highest BCUT2D eigenvalue weighted by molar-refractivity contribution is 5.88. The molecule has 25 heavy (non-hydrogen) atoms. The molecule has 0 saturated carbocycles. The third-order valence-corrected chi connectivity index (χ3v) is 4.36. The van der Waals surface area contributed by atoms with E-state index in [0.29, 0.717) is 12.8 Å². The van der Waals surface area contributed by atoms with Crippen LogP contribution >= 0.6 is 0 Å². The van der Waals surface area contributed by atoms with Crippen LogP contribution in [0.5, 0.6) is 0 Å².